The van der Waals surface area contributed by atoms with Crippen LogP contribution in [0.5, 0.6) is 0 Å². The number of anilines is 1. The van der Waals surface area contributed by atoms with Crippen LogP contribution in [-0.4, -0.2) is 46.4 Å². The van der Waals surface area contributed by atoms with Crippen LogP contribution in [-0.2, 0) is 26.8 Å². The summed E-state index contributed by atoms with van der Waals surface area (Å²) < 4.78 is 12.1. The Morgan fingerprint density at radius 1 is 1.15 bits per heavy atom. The van der Waals surface area contributed by atoms with E-state index in [1.54, 1.807) is 0 Å². The van der Waals surface area contributed by atoms with Gasteiger partial charge in [0.1, 0.15) is 0 Å². The second-order valence-corrected chi connectivity index (χ2v) is 9.51. The molecular weight excluding hydrogens is 362 g/mol. The number of imide groups is 1. The summed E-state index contributed by atoms with van der Waals surface area (Å²) in [7, 11) is -0.943. The summed E-state index contributed by atoms with van der Waals surface area (Å²) in [5.74, 6) is 0.428. The van der Waals surface area contributed by atoms with E-state index in [1.807, 2.05) is 32.0 Å². The standard InChI is InChI=1S/C20H29N3O3S/c1-20(2)12-17(24)23(18(25)13-20)11-4-3-9-21-10-8-15-6-5-7-16-19(15)27(26)14-22-16/h5-7,21-22H,3-4,8-14H2,1-2H3. The third-order valence-electron chi connectivity index (χ3n) is 5.14. The van der Waals surface area contributed by atoms with Crippen LogP contribution in [0, 0.1) is 5.41 Å². The van der Waals surface area contributed by atoms with Gasteiger partial charge in [0.2, 0.25) is 11.8 Å². The van der Waals surface area contributed by atoms with Crippen molar-refractivity contribution in [2.24, 2.45) is 5.41 Å². The summed E-state index contributed by atoms with van der Waals surface area (Å²) in [5.41, 5.74) is 1.92. The fourth-order valence-electron chi connectivity index (χ4n) is 3.73. The summed E-state index contributed by atoms with van der Waals surface area (Å²) in [6, 6.07) is 6.01. The average Bonchev–Trinajstić information content (AvgIpc) is 2.97. The van der Waals surface area contributed by atoms with Gasteiger partial charge in [-0.2, -0.15) is 0 Å². The topological polar surface area (TPSA) is 78.5 Å². The van der Waals surface area contributed by atoms with Crippen LogP contribution in [0.3, 0.4) is 0 Å². The van der Waals surface area contributed by atoms with Crippen molar-refractivity contribution in [1.29, 1.82) is 0 Å². The number of carbonyl (C=O) groups is 2. The Bertz CT molecular complexity index is 728. The number of amides is 2. The fourth-order valence-corrected chi connectivity index (χ4v) is 5.01. The molecule has 2 amide bonds. The molecule has 27 heavy (non-hydrogen) atoms. The van der Waals surface area contributed by atoms with Gasteiger partial charge in [0.15, 0.2) is 0 Å². The smallest absolute Gasteiger partial charge is 0.229 e. The van der Waals surface area contributed by atoms with Gasteiger partial charge in [-0.05, 0) is 49.4 Å². The lowest BCUT2D eigenvalue weighted by molar-refractivity contribution is -0.152. The minimum atomic E-state index is -0.943. The lowest BCUT2D eigenvalue weighted by Gasteiger charge is -2.34. The van der Waals surface area contributed by atoms with E-state index in [1.165, 1.54) is 4.90 Å². The highest BCUT2D eigenvalue weighted by atomic mass is 32.2. The van der Waals surface area contributed by atoms with Gasteiger partial charge in [-0.1, -0.05) is 26.0 Å². The number of fused-ring (bicyclic) bond motifs is 1. The second-order valence-electron chi connectivity index (χ2n) is 8.12. The number of piperidine rings is 1. The Labute approximate surface area is 163 Å². The Hall–Kier alpha value is -1.73. The number of likely N-dealkylation sites (tertiary alicyclic amines) is 1. The molecule has 0 aromatic heterocycles. The zero-order valence-electron chi connectivity index (χ0n) is 16.2. The van der Waals surface area contributed by atoms with E-state index in [9.17, 15) is 13.8 Å². The lowest BCUT2D eigenvalue weighted by Crippen LogP contribution is -2.46. The van der Waals surface area contributed by atoms with E-state index < -0.39 is 10.8 Å². The number of hydrogen-bond donors (Lipinski definition) is 2. The molecule has 0 spiro atoms. The van der Waals surface area contributed by atoms with Gasteiger partial charge < -0.3 is 10.6 Å². The van der Waals surface area contributed by atoms with Crippen molar-refractivity contribution in [2.75, 3.05) is 30.8 Å². The second kappa shape index (κ2) is 8.52. The van der Waals surface area contributed by atoms with Crippen LogP contribution in [0.1, 0.15) is 45.1 Å². The highest BCUT2D eigenvalue weighted by Crippen LogP contribution is 2.31. The highest BCUT2D eigenvalue weighted by Gasteiger charge is 2.36. The summed E-state index contributed by atoms with van der Waals surface area (Å²) in [4.78, 5) is 26.6. The van der Waals surface area contributed by atoms with Crippen LogP contribution < -0.4 is 10.6 Å². The fraction of sp³-hybridized carbons (Fsp3) is 0.600. The summed E-state index contributed by atoms with van der Waals surface area (Å²) in [6.07, 6.45) is 3.48. The molecule has 1 fully saturated rings. The van der Waals surface area contributed by atoms with Gasteiger partial charge in [0.05, 0.1) is 27.3 Å². The predicted molar refractivity (Wildman–Crippen MR) is 107 cm³/mol. The van der Waals surface area contributed by atoms with Gasteiger partial charge in [-0.3, -0.25) is 18.7 Å². The molecule has 6 nitrogen and oxygen atoms in total. The van der Waals surface area contributed by atoms with Gasteiger partial charge in [0, 0.05) is 19.4 Å². The van der Waals surface area contributed by atoms with Crippen molar-refractivity contribution in [2.45, 2.75) is 50.8 Å². The molecule has 3 rings (SSSR count). The minimum absolute atomic E-state index is 0.0382. The number of benzene rings is 1. The molecule has 0 radical (unpaired) electrons. The van der Waals surface area contributed by atoms with Crippen molar-refractivity contribution in [3.8, 4) is 0 Å². The largest absolute Gasteiger partial charge is 0.372 e. The van der Waals surface area contributed by atoms with Crippen molar-refractivity contribution < 1.29 is 13.8 Å². The number of hydrogen-bond acceptors (Lipinski definition) is 5. The van der Waals surface area contributed by atoms with Gasteiger partial charge in [-0.25, -0.2) is 0 Å². The van der Waals surface area contributed by atoms with Crippen LogP contribution in [0.2, 0.25) is 0 Å². The summed E-state index contributed by atoms with van der Waals surface area (Å²) in [5, 5.41) is 6.58. The van der Waals surface area contributed by atoms with Crippen LogP contribution >= 0.6 is 0 Å². The van der Waals surface area contributed by atoms with E-state index >= 15 is 0 Å². The molecule has 148 valence electrons. The first kappa shape index (κ1) is 20.0. The van der Waals surface area contributed by atoms with Crippen molar-refractivity contribution in [3.63, 3.8) is 0 Å². The normalized spacial score (nSPS) is 21.3. The Morgan fingerprint density at radius 2 is 1.89 bits per heavy atom. The van der Waals surface area contributed by atoms with Crippen molar-refractivity contribution in [1.82, 2.24) is 10.2 Å². The molecule has 1 atom stereocenters. The molecule has 2 N–H and O–H groups in total. The van der Waals surface area contributed by atoms with E-state index in [2.05, 4.69) is 10.6 Å². The zero-order valence-corrected chi connectivity index (χ0v) is 17.0. The highest BCUT2D eigenvalue weighted by molar-refractivity contribution is 7.85. The maximum atomic E-state index is 12.1. The molecule has 2 aliphatic heterocycles. The molecule has 0 saturated carbocycles. The molecule has 0 bridgehead atoms. The number of nitrogens with zero attached hydrogens (tertiary/aromatic N) is 1. The van der Waals surface area contributed by atoms with Crippen LogP contribution in [0.4, 0.5) is 5.69 Å². The Kier molecular flexibility index (Phi) is 6.32. The van der Waals surface area contributed by atoms with Crippen LogP contribution in [0.15, 0.2) is 23.1 Å². The summed E-state index contributed by atoms with van der Waals surface area (Å²) in [6.45, 7) is 6.13. The average molecular weight is 392 g/mol. The first-order chi connectivity index (χ1) is 12.9. The number of carbonyl (C=O) groups excluding carboxylic acids is 2. The lowest BCUT2D eigenvalue weighted by atomic mass is 9.82. The van der Waals surface area contributed by atoms with Crippen molar-refractivity contribution >= 4 is 28.3 Å². The third kappa shape index (κ3) is 4.96. The maximum absolute atomic E-state index is 12.1. The molecule has 2 heterocycles. The molecule has 2 aliphatic rings. The number of unbranched alkanes of at least 4 members (excludes halogenated alkanes) is 1. The zero-order chi connectivity index (χ0) is 19.4. The first-order valence-electron chi connectivity index (χ1n) is 9.65. The third-order valence-corrected chi connectivity index (χ3v) is 6.48. The number of rotatable bonds is 8. The predicted octanol–water partition coefficient (Wildman–Crippen LogP) is 2.26. The Morgan fingerprint density at radius 3 is 2.63 bits per heavy atom. The summed E-state index contributed by atoms with van der Waals surface area (Å²) >= 11 is 0. The first-order valence-corrected chi connectivity index (χ1v) is 11.0. The quantitative estimate of drug-likeness (QED) is 0.525. The minimum Gasteiger partial charge on any atom is -0.372 e. The molecule has 1 saturated heterocycles. The maximum Gasteiger partial charge on any atom is 0.229 e. The molecular formula is C20H29N3O3S. The van der Waals surface area contributed by atoms with Crippen molar-refractivity contribution in [3.05, 3.63) is 23.8 Å². The van der Waals surface area contributed by atoms with Crippen LogP contribution in [0.25, 0.3) is 0 Å². The van der Waals surface area contributed by atoms with E-state index in [-0.39, 0.29) is 17.2 Å². The molecule has 1 unspecified atom stereocenters. The monoisotopic (exact) mass is 391 g/mol. The number of nitrogens with one attached hydrogen (secondary N) is 2. The molecule has 1 aromatic carbocycles. The molecule has 0 aliphatic carbocycles. The Balaban J connectivity index is 1.34. The van der Waals surface area contributed by atoms with E-state index in [4.69, 9.17) is 0 Å². The molecule has 1 aromatic rings. The van der Waals surface area contributed by atoms with E-state index in [0.29, 0.717) is 25.3 Å². The SMILES string of the molecule is CC1(C)CC(=O)N(CCCCNCCc2cccc3c2S(=O)CN3)C(=O)C1. The van der Waals surface area contributed by atoms with E-state index in [0.717, 1.165) is 48.5 Å². The van der Waals surface area contributed by atoms with Gasteiger partial charge in [0.25, 0.3) is 0 Å². The molecule has 7 heteroatoms. The van der Waals surface area contributed by atoms with Gasteiger partial charge in [-0.15, -0.1) is 0 Å². The van der Waals surface area contributed by atoms with Gasteiger partial charge >= 0.3 is 0 Å².